The lowest BCUT2D eigenvalue weighted by molar-refractivity contribution is 0.601. The molecule has 0 amide bonds. The van der Waals surface area contributed by atoms with Crippen LogP contribution in [-0.4, -0.2) is 0 Å². The van der Waals surface area contributed by atoms with Crippen LogP contribution in [0.3, 0.4) is 0 Å². The average Bonchev–Trinajstić information content (AvgIpc) is 2.14. The number of hydrogen-bond acceptors (Lipinski definition) is 1. The van der Waals surface area contributed by atoms with E-state index >= 15 is 0 Å². The molecule has 1 nitrogen and oxygen atoms in total. The maximum atomic E-state index is 10.1. The molecule has 0 bridgehead atoms. The summed E-state index contributed by atoms with van der Waals surface area (Å²) in [5.74, 6) is 0. The topological polar surface area (TPSA) is 17.1 Å². The number of allylic oxidation sites excluding steroid dienone is 4. The third-order valence-corrected chi connectivity index (χ3v) is 1.54. The highest BCUT2D eigenvalue weighted by molar-refractivity contribution is 7.29. The molecule has 1 radical (unpaired) electrons. The van der Waals surface area contributed by atoms with Gasteiger partial charge in [-0.2, -0.15) is 0 Å². The highest BCUT2D eigenvalue weighted by atomic mass is 31.1. The second kappa shape index (κ2) is 2.04. The molecule has 1 aliphatic rings. The van der Waals surface area contributed by atoms with Crippen LogP contribution < -0.4 is 0 Å². The Hall–Kier alpha value is -0.420. The summed E-state index contributed by atoms with van der Waals surface area (Å²) in [6.07, 6.45) is 6.72. The van der Waals surface area contributed by atoms with E-state index in [2.05, 4.69) is 0 Å². The molecular formula is C5H6OP. The van der Waals surface area contributed by atoms with Crippen molar-refractivity contribution in [1.82, 2.24) is 0 Å². The fourth-order valence-corrected chi connectivity index (χ4v) is 0.888. The van der Waals surface area contributed by atoms with E-state index in [-0.39, 0.29) is 8.46 Å². The minimum absolute atomic E-state index is 0.240. The van der Waals surface area contributed by atoms with E-state index in [1.165, 1.54) is 0 Å². The summed E-state index contributed by atoms with van der Waals surface area (Å²) in [5, 5.41) is 1.03. The summed E-state index contributed by atoms with van der Waals surface area (Å²) in [7, 11) is -0.240. The zero-order chi connectivity index (χ0) is 5.11. The predicted molar refractivity (Wildman–Crippen MR) is 30.8 cm³/mol. The minimum atomic E-state index is -0.240. The molecule has 1 aliphatic carbocycles. The Morgan fingerprint density at radius 2 is 2.57 bits per heavy atom. The van der Waals surface area contributed by atoms with Gasteiger partial charge in [0.05, 0.1) is 8.46 Å². The van der Waals surface area contributed by atoms with Crippen LogP contribution in [0, 0.1) is 0 Å². The molecule has 0 aliphatic heterocycles. The van der Waals surface area contributed by atoms with Gasteiger partial charge in [0.25, 0.3) is 0 Å². The first kappa shape index (κ1) is 4.73. The zero-order valence-corrected chi connectivity index (χ0v) is 4.85. The molecule has 0 heterocycles. The molecule has 0 aromatic carbocycles. The molecule has 0 N–H and O–H groups in total. The van der Waals surface area contributed by atoms with Gasteiger partial charge in [-0.15, -0.1) is 0 Å². The molecule has 0 aromatic heterocycles. The summed E-state index contributed by atoms with van der Waals surface area (Å²) in [6.45, 7) is 0. The van der Waals surface area contributed by atoms with Crippen LogP contribution in [0.2, 0.25) is 0 Å². The largest absolute Gasteiger partial charge is 0.286 e. The smallest absolute Gasteiger partial charge is 0.0864 e. The standard InChI is InChI=1S/C5H6OP/c6-7-5-3-1-2-4-5/h1-3,7H,4H2. The quantitative estimate of drug-likeness (QED) is 0.474. The molecule has 37 valence electrons. The van der Waals surface area contributed by atoms with Crippen molar-refractivity contribution in [3.63, 3.8) is 0 Å². The van der Waals surface area contributed by atoms with Gasteiger partial charge in [0.2, 0.25) is 0 Å². The average molecular weight is 113 g/mol. The van der Waals surface area contributed by atoms with Crippen molar-refractivity contribution in [3.05, 3.63) is 23.5 Å². The van der Waals surface area contributed by atoms with Crippen LogP contribution in [0.4, 0.5) is 0 Å². The van der Waals surface area contributed by atoms with Gasteiger partial charge < -0.3 is 0 Å². The van der Waals surface area contributed by atoms with E-state index in [1.807, 2.05) is 18.2 Å². The van der Waals surface area contributed by atoms with Crippen molar-refractivity contribution in [2.24, 2.45) is 0 Å². The van der Waals surface area contributed by atoms with Gasteiger partial charge in [0, 0.05) is 5.31 Å². The van der Waals surface area contributed by atoms with Crippen LogP contribution in [0.15, 0.2) is 23.5 Å². The Bertz CT molecular complexity index is 135. The monoisotopic (exact) mass is 113 g/mol. The molecule has 1 unspecified atom stereocenters. The van der Waals surface area contributed by atoms with Crippen molar-refractivity contribution in [3.8, 4) is 0 Å². The maximum absolute atomic E-state index is 10.1. The molecule has 0 spiro atoms. The first-order valence-electron chi connectivity index (χ1n) is 2.17. The summed E-state index contributed by atoms with van der Waals surface area (Å²) < 4.78 is 10.1. The minimum Gasteiger partial charge on any atom is -0.286 e. The number of rotatable bonds is 1. The van der Waals surface area contributed by atoms with E-state index in [9.17, 15) is 4.57 Å². The normalized spacial score (nSPS) is 18.0. The van der Waals surface area contributed by atoms with Crippen molar-refractivity contribution in [2.75, 3.05) is 0 Å². The van der Waals surface area contributed by atoms with E-state index in [1.54, 1.807) is 0 Å². The molecular weight excluding hydrogens is 107 g/mol. The summed E-state index contributed by atoms with van der Waals surface area (Å²) in [5.41, 5.74) is 0. The van der Waals surface area contributed by atoms with Crippen molar-refractivity contribution in [1.29, 1.82) is 0 Å². The molecule has 0 saturated carbocycles. The fourth-order valence-electron chi connectivity index (χ4n) is 0.523. The predicted octanol–water partition coefficient (Wildman–Crippen LogP) is 1.85. The Kier molecular flexibility index (Phi) is 1.38. The fraction of sp³-hybridized carbons (Fsp3) is 0.200. The first-order valence-corrected chi connectivity index (χ1v) is 3.08. The van der Waals surface area contributed by atoms with Crippen LogP contribution in [0.25, 0.3) is 0 Å². The zero-order valence-electron chi connectivity index (χ0n) is 3.85. The maximum Gasteiger partial charge on any atom is 0.0864 e. The van der Waals surface area contributed by atoms with Crippen LogP contribution in [-0.2, 0) is 4.57 Å². The van der Waals surface area contributed by atoms with E-state index in [0.717, 1.165) is 11.7 Å². The lowest BCUT2D eigenvalue weighted by Gasteiger charge is -1.78. The summed E-state index contributed by atoms with van der Waals surface area (Å²) >= 11 is 0. The molecule has 0 aromatic rings. The Balaban J connectivity index is 2.61. The van der Waals surface area contributed by atoms with Crippen molar-refractivity contribution >= 4 is 8.46 Å². The summed E-state index contributed by atoms with van der Waals surface area (Å²) in [4.78, 5) is 0. The third-order valence-electron chi connectivity index (χ3n) is 0.902. The lowest BCUT2D eigenvalue weighted by atomic mass is 10.5. The number of hydrogen-bond donors (Lipinski definition) is 0. The first-order chi connectivity index (χ1) is 3.43. The molecule has 0 saturated heterocycles. The Morgan fingerprint density at radius 1 is 1.71 bits per heavy atom. The molecule has 1 atom stereocenters. The molecule has 2 heteroatoms. The van der Waals surface area contributed by atoms with Crippen molar-refractivity contribution < 1.29 is 4.57 Å². The Labute approximate surface area is 43.9 Å². The van der Waals surface area contributed by atoms with Gasteiger partial charge in [-0.25, -0.2) is 0 Å². The second-order valence-electron chi connectivity index (χ2n) is 1.43. The molecule has 7 heavy (non-hydrogen) atoms. The highest BCUT2D eigenvalue weighted by Crippen LogP contribution is 2.20. The van der Waals surface area contributed by atoms with Crippen LogP contribution in [0.5, 0.6) is 0 Å². The van der Waals surface area contributed by atoms with Gasteiger partial charge in [0.15, 0.2) is 0 Å². The van der Waals surface area contributed by atoms with Crippen molar-refractivity contribution in [2.45, 2.75) is 6.42 Å². The van der Waals surface area contributed by atoms with E-state index in [0.29, 0.717) is 0 Å². The highest BCUT2D eigenvalue weighted by Gasteiger charge is 1.92. The molecule has 0 fully saturated rings. The van der Waals surface area contributed by atoms with Crippen LogP contribution >= 0.6 is 8.46 Å². The SMILES string of the molecule is O=[PH]C1=CC=CC1. The van der Waals surface area contributed by atoms with Gasteiger partial charge in [0.1, 0.15) is 0 Å². The van der Waals surface area contributed by atoms with Crippen LogP contribution in [0.1, 0.15) is 6.42 Å². The second-order valence-corrected chi connectivity index (χ2v) is 2.27. The lowest BCUT2D eigenvalue weighted by Crippen LogP contribution is -1.54. The van der Waals surface area contributed by atoms with Gasteiger partial charge >= 0.3 is 0 Å². The molecule has 1 rings (SSSR count). The summed E-state index contributed by atoms with van der Waals surface area (Å²) in [6, 6.07) is 0. The van der Waals surface area contributed by atoms with E-state index in [4.69, 9.17) is 0 Å². The third kappa shape index (κ3) is 0.971. The van der Waals surface area contributed by atoms with Gasteiger partial charge in [-0.1, -0.05) is 18.2 Å². The van der Waals surface area contributed by atoms with Gasteiger partial charge in [-0.05, 0) is 6.42 Å². The van der Waals surface area contributed by atoms with E-state index < -0.39 is 0 Å². The van der Waals surface area contributed by atoms with Gasteiger partial charge in [-0.3, -0.25) is 4.57 Å². The Morgan fingerprint density at radius 3 is 2.86 bits per heavy atom.